The predicted molar refractivity (Wildman–Crippen MR) is 76.2 cm³/mol. The number of ether oxygens (including phenoxy) is 2. The van der Waals surface area contributed by atoms with E-state index >= 15 is 0 Å². The van der Waals surface area contributed by atoms with Crippen molar-refractivity contribution in [3.05, 3.63) is 28.8 Å². The molecule has 1 spiro atoms. The van der Waals surface area contributed by atoms with Gasteiger partial charge in [0.2, 0.25) is 5.79 Å². The van der Waals surface area contributed by atoms with Crippen LogP contribution in [0.4, 0.5) is 0 Å². The van der Waals surface area contributed by atoms with Gasteiger partial charge in [-0.05, 0) is 31.0 Å². The first kappa shape index (κ1) is 15.1. The van der Waals surface area contributed by atoms with Crippen molar-refractivity contribution >= 4 is 21.9 Å². The third kappa shape index (κ3) is 3.32. The fourth-order valence-corrected chi connectivity index (χ4v) is 3.32. The molecule has 6 nitrogen and oxygen atoms in total. The highest BCUT2D eigenvalue weighted by atomic mass is 35.5. The van der Waals surface area contributed by atoms with E-state index in [1.165, 1.54) is 0 Å². The predicted octanol–water partition coefficient (Wildman–Crippen LogP) is 2.28. The van der Waals surface area contributed by atoms with E-state index in [-0.39, 0.29) is 6.61 Å². The number of nitrogens with two attached hydrogens (primary N) is 1. The summed E-state index contributed by atoms with van der Waals surface area (Å²) in [7, 11) is -4.03. The van der Waals surface area contributed by atoms with Crippen LogP contribution in [0.15, 0.2) is 18.2 Å². The molecule has 8 heteroatoms. The van der Waals surface area contributed by atoms with Crippen LogP contribution in [0.25, 0.3) is 0 Å². The van der Waals surface area contributed by atoms with E-state index in [1.807, 2.05) is 0 Å². The summed E-state index contributed by atoms with van der Waals surface area (Å²) in [6.45, 7) is -0.197. The van der Waals surface area contributed by atoms with Crippen molar-refractivity contribution in [1.29, 1.82) is 0 Å². The van der Waals surface area contributed by atoms with Crippen LogP contribution in [-0.4, -0.2) is 20.8 Å². The Morgan fingerprint density at radius 3 is 2.76 bits per heavy atom. The molecule has 1 aliphatic carbocycles. The molecule has 0 radical (unpaired) electrons. The quantitative estimate of drug-likeness (QED) is 0.916. The minimum absolute atomic E-state index is 0.197. The first-order chi connectivity index (χ1) is 9.87. The number of hydrogen-bond donors (Lipinski definition) is 1. The van der Waals surface area contributed by atoms with Crippen molar-refractivity contribution in [2.75, 3.05) is 6.61 Å². The first-order valence-electron chi connectivity index (χ1n) is 6.70. The van der Waals surface area contributed by atoms with Gasteiger partial charge in [-0.15, -0.1) is 0 Å². The van der Waals surface area contributed by atoms with Gasteiger partial charge in [0, 0.05) is 23.4 Å². The highest BCUT2D eigenvalue weighted by molar-refractivity contribution is 7.84. The third-order valence-corrected chi connectivity index (χ3v) is 4.42. The van der Waals surface area contributed by atoms with E-state index in [0.717, 1.165) is 25.7 Å². The standard InChI is InChI=1S/C13H16ClNO5S/c14-9-3-4-11-10(7-9)12(8-18-21(15,16)17)20-13(19-11)5-1-2-6-13/h3-4,7,12H,1-2,5-6,8H2,(H2,15,16,17). The molecule has 1 aromatic rings. The average Bonchev–Trinajstić information content (AvgIpc) is 2.84. The lowest BCUT2D eigenvalue weighted by Gasteiger charge is -2.39. The summed E-state index contributed by atoms with van der Waals surface area (Å²) in [5, 5.41) is 5.40. The first-order valence-corrected chi connectivity index (χ1v) is 8.55. The molecule has 1 saturated carbocycles. The zero-order chi connectivity index (χ0) is 15.1. The highest BCUT2D eigenvalue weighted by Gasteiger charge is 2.44. The summed E-state index contributed by atoms with van der Waals surface area (Å²) in [6, 6.07) is 5.19. The summed E-state index contributed by atoms with van der Waals surface area (Å²) >= 11 is 5.99. The van der Waals surface area contributed by atoms with Gasteiger partial charge in [-0.2, -0.15) is 8.42 Å². The van der Waals surface area contributed by atoms with Gasteiger partial charge in [0.25, 0.3) is 0 Å². The molecule has 0 bridgehead atoms. The van der Waals surface area contributed by atoms with Crippen LogP contribution in [0, 0.1) is 0 Å². The maximum absolute atomic E-state index is 11.0. The molecule has 2 aliphatic rings. The van der Waals surface area contributed by atoms with Crippen molar-refractivity contribution in [3.63, 3.8) is 0 Å². The molecule has 0 saturated heterocycles. The molecular formula is C13H16ClNO5S. The molecule has 1 atom stereocenters. The Morgan fingerprint density at radius 1 is 1.38 bits per heavy atom. The number of rotatable bonds is 3. The van der Waals surface area contributed by atoms with Crippen molar-refractivity contribution in [2.24, 2.45) is 5.14 Å². The zero-order valence-corrected chi connectivity index (χ0v) is 12.8. The van der Waals surface area contributed by atoms with Crippen LogP contribution in [0.3, 0.4) is 0 Å². The van der Waals surface area contributed by atoms with Crippen molar-refractivity contribution in [1.82, 2.24) is 0 Å². The van der Waals surface area contributed by atoms with Crippen molar-refractivity contribution in [2.45, 2.75) is 37.6 Å². The smallest absolute Gasteiger partial charge is 0.333 e. The molecule has 21 heavy (non-hydrogen) atoms. The van der Waals surface area contributed by atoms with E-state index in [0.29, 0.717) is 16.3 Å². The topological polar surface area (TPSA) is 87.9 Å². The van der Waals surface area contributed by atoms with Gasteiger partial charge < -0.3 is 9.47 Å². The van der Waals surface area contributed by atoms with E-state index in [4.69, 9.17) is 30.4 Å². The molecule has 3 rings (SSSR count). The van der Waals surface area contributed by atoms with Crippen LogP contribution in [0.1, 0.15) is 37.4 Å². The molecule has 0 amide bonds. The lowest BCUT2D eigenvalue weighted by Crippen LogP contribution is -2.42. The second-order valence-electron chi connectivity index (χ2n) is 5.29. The average molecular weight is 334 g/mol. The Morgan fingerprint density at radius 2 is 2.10 bits per heavy atom. The lowest BCUT2D eigenvalue weighted by molar-refractivity contribution is -0.230. The monoisotopic (exact) mass is 333 g/mol. The van der Waals surface area contributed by atoms with E-state index in [9.17, 15) is 8.42 Å². The third-order valence-electron chi connectivity index (χ3n) is 3.72. The SMILES string of the molecule is NS(=O)(=O)OCC1OC2(CCCC2)Oc2ccc(Cl)cc21. The summed E-state index contributed by atoms with van der Waals surface area (Å²) in [4.78, 5) is 0. The minimum Gasteiger partial charge on any atom is -0.462 e. The van der Waals surface area contributed by atoms with Crippen LogP contribution < -0.4 is 9.88 Å². The van der Waals surface area contributed by atoms with Crippen LogP contribution in [-0.2, 0) is 19.2 Å². The number of hydrogen-bond acceptors (Lipinski definition) is 5. The fourth-order valence-electron chi connectivity index (χ4n) is 2.83. The summed E-state index contributed by atoms with van der Waals surface area (Å²) < 4.78 is 38.7. The maximum atomic E-state index is 11.0. The number of halogens is 1. The van der Waals surface area contributed by atoms with Gasteiger partial charge in [0.1, 0.15) is 11.9 Å². The maximum Gasteiger partial charge on any atom is 0.333 e. The lowest BCUT2D eigenvalue weighted by atomic mass is 10.0. The van der Waals surface area contributed by atoms with E-state index in [2.05, 4.69) is 0 Å². The van der Waals surface area contributed by atoms with Crippen molar-refractivity contribution < 1.29 is 22.1 Å². The minimum atomic E-state index is -4.03. The second kappa shape index (κ2) is 5.40. The van der Waals surface area contributed by atoms with E-state index in [1.54, 1.807) is 18.2 Å². The molecule has 1 aliphatic heterocycles. The highest BCUT2D eigenvalue weighted by Crippen LogP contribution is 2.46. The van der Waals surface area contributed by atoms with Gasteiger partial charge in [-0.25, -0.2) is 5.14 Å². The summed E-state index contributed by atoms with van der Waals surface area (Å²) in [5.74, 6) is -0.0525. The largest absolute Gasteiger partial charge is 0.462 e. The molecule has 116 valence electrons. The molecule has 1 aromatic carbocycles. The summed E-state index contributed by atoms with van der Waals surface area (Å²) in [6.07, 6.45) is 2.96. The molecule has 2 N–H and O–H groups in total. The Kier molecular flexibility index (Phi) is 3.87. The number of fused-ring (bicyclic) bond motifs is 1. The second-order valence-corrected chi connectivity index (χ2v) is 6.94. The Hall–Kier alpha value is -0.860. The number of benzene rings is 1. The molecular weight excluding hydrogens is 318 g/mol. The molecule has 1 unspecified atom stereocenters. The normalized spacial score (nSPS) is 23.8. The van der Waals surface area contributed by atoms with Gasteiger partial charge in [0.15, 0.2) is 0 Å². The van der Waals surface area contributed by atoms with Gasteiger partial charge >= 0.3 is 10.3 Å². The molecule has 1 heterocycles. The Balaban J connectivity index is 1.91. The molecule has 1 fully saturated rings. The zero-order valence-electron chi connectivity index (χ0n) is 11.2. The van der Waals surface area contributed by atoms with Gasteiger partial charge in [-0.3, -0.25) is 4.18 Å². The van der Waals surface area contributed by atoms with Crippen LogP contribution >= 0.6 is 11.6 Å². The van der Waals surface area contributed by atoms with Crippen LogP contribution in [0.5, 0.6) is 5.75 Å². The summed E-state index contributed by atoms with van der Waals surface area (Å²) in [5.41, 5.74) is 0.670. The van der Waals surface area contributed by atoms with Gasteiger partial charge in [0.05, 0.1) is 6.61 Å². The fraction of sp³-hybridized carbons (Fsp3) is 0.538. The Bertz CT molecular complexity index is 642. The Labute approximate surface area is 128 Å². The van der Waals surface area contributed by atoms with Crippen molar-refractivity contribution in [3.8, 4) is 5.75 Å². The van der Waals surface area contributed by atoms with Gasteiger partial charge in [-0.1, -0.05) is 11.6 Å². The van der Waals surface area contributed by atoms with E-state index < -0.39 is 22.2 Å². The molecule has 0 aromatic heterocycles. The van der Waals surface area contributed by atoms with Crippen LogP contribution in [0.2, 0.25) is 5.02 Å².